The maximum atomic E-state index is 4.52. The van der Waals surface area contributed by atoms with Gasteiger partial charge >= 0.3 is 0 Å². The molecule has 35 heavy (non-hydrogen) atoms. The van der Waals surface area contributed by atoms with E-state index in [0.29, 0.717) is 0 Å². The number of hydrogen-bond donors (Lipinski definition) is 0. The lowest BCUT2D eigenvalue weighted by Gasteiger charge is -2.40. The second-order valence-electron chi connectivity index (χ2n) is 10.4. The zero-order valence-electron chi connectivity index (χ0n) is 19.3. The summed E-state index contributed by atoms with van der Waals surface area (Å²) in [7, 11) is 0. The second kappa shape index (κ2) is 6.28. The number of benzene rings is 4. The van der Waals surface area contributed by atoms with Crippen LogP contribution in [0, 0.1) is 0 Å². The number of pyridine rings is 1. The molecule has 164 valence electrons. The Kier molecular flexibility index (Phi) is 3.27. The number of para-hydroxylation sites is 1. The third kappa shape index (κ3) is 2.27. The molecule has 0 bridgehead atoms. The lowest BCUT2D eigenvalue weighted by Crippen LogP contribution is -2.25. The van der Waals surface area contributed by atoms with Gasteiger partial charge in [-0.05, 0) is 97.8 Å². The molecule has 0 unspecified atom stereocenters. The molecule has 1 aromatic heterocycles. The van der Waals surface area contributed by atoms with Crippen molar-refractivity contribution in [2.75, 3.05) is 4.90 Å². The number of hydrogen-bond acceptors (Lipinski definition) is 2. The molecule has 3 heterocycles. The van der Waals surface area contributed by atoms with Gasteiger partial charge in [0.15, 0.2) is 0 Å². The summed E-state index contributed by atoms with van der Waals surface area (Å²) in [4.78, 5) is 7.02. The Bertz CT molecular complexity index is 1750. The zero-order valence-corrected chi connectivity index (χ0v) is 19.3. The van der Waals surface area contributed by atoms with Crippen LogP contribution in [0.3, 0.4) is 0 Å². The van der Waals surface area contributed by atoms with Crippen molar-refractivity contribution in [1.29, 1.82) is 0 Å². The predicted octanol–water partition coefficient (Wildman–Crippen LogP) is 7.50. The first kappa shape index (κ1) is 18.2. The van der Waals surface area contributed by atoms with E-state index in [9.17, 15) is 0 Å². The van der Waals surface area contributed by atoms with Crippen LogP contribution in [0.1, 0.15) is 44.5 Å². The Morgan fingerprint density at radius 3 is 2.26 bits per heavy atom. The highest BCUT2D eigenvalue weighted by atomic mass is 15.2. The van der Waals surface area contributed by atoms with Gasteiger partial charge in [0.2, 0.25) is 0 Å². The van der Waals surface area contributed by atoms with Gasteiger partial charge in [-0.2, -0.15) is 0 Å². The molecule has 4 aliphatic rings. The van der Waals surface area contributed by atoms with Crippen molar-refractivity contribution >= 4 is 17.1 Å². The van der Waals surface area contributed by atoms with Crippen LogP contribution in [0.5, 0.6) is 0 Å². The maximum absolute atomic E-state index is 4.52. The largest absolute Gasteiger partial charge is 0.308 e. The van der Waals surface area contributed by atoms with E-state index in [1.54, 1.807) is 0 Å². The molecular weight excluding hydrogens is 424 g/mol. The molecule has 0 atom stereocenters. The van der Waals surface area contributed by atoms with Crippen molar-refractivity contribution in [2.45, 2.75) is 25.7 Å². The van der Waals surface area contributed by atoms with Crippen LogP contribution < -0.4 is 4.90 Å². The smallest absolute Gasteiger partial charge is 0.0680 e. The Balaban J connectivity index is 1.33. The molecule has 5 aromatic rings. The Labute approximate surface area is 204 Å². The van der Waals surface area contributed by atoms with Crippen LogP contribution in [0.25, 0.3) is 22.3 Å². The van der Waals surface area contributed by atoms with Gasteiger partial charge in [-0.25, -0.2) is 0 Å². The van der Waals surface area contributed by atoms with Crippen LogP contribution >= 0.6 is 0 Å². The summed E-state index contributed by atoms with van der Waals surface area (Å²) >= 11 is 0. The van der Waals surface area contributed by atoms with Gasteiger partial charge < -0.3 is 4.90 Å². The topological polar surface area (TPSA) is 16.1 Å². The van der Waals surface area contributed by atoms with E-state index in [1.807, 2.05) is 6.20 Å². The summed E-state index contributed by atoms with van der Waals surface area (Å²) in [6.45, 7) is 0. The zero-order chi connectivity index (χ0) is 22.7. The normalized spacial score (nSPS) is 14.9. The molecule has 0 spiro atoms. The van der Waals surface area contributed by atoms with Crippen molar-refractivity contribution in [3.63, 3.8) is 0 Å². The molecule has 2 aliphatic heterocycles. The molecule has 2 nitrogen and oxygen atoms in total. The lowest BCUT2D eigenvalue weighted by atomic mass is 9.82. The van der Waals surface area contributed by atoms with E-state index in [0.717, 1.165) is 25.7 Å². The fourth-order valence-electron chi connectivity index (χ4n) is 7.15. The minimum atomic E-state index is 0.967. The number of nitrogens with zero attached hydrogens (tertiary/aromatic N) is 2. The van der Waals surface area contributed by atoms with E-state index >= 15 is 0 Å². The molecule has 4 aromatic carbocycles. The van der Waals surface area contributed by atoms with E-state index in [4.69, 9.17) is 0 Å². The summed E-state index contributed by atoms with van der Waals surface area (Å²) < 4.78 is 0. The Morgan fingerprint density at radius 2 is 1.29 bits per heavy atom. The molecule has 0 saturated heterocycles. The minimum Gasteiger partial charge on any atom is -0.308 e. The van der Waals surface area contributed by atoms with Crippen molar-refractivity contribution in [3.8, 4) is 22.3 Å². The van der Waals surface area contributed by atoms with Gasteiger partial charge in [0.05, 0.1) is 17.6 Å². The van der Waals surface area contributed by atoms with E-state index in [2.05, 4.69) is 88.9 Å². The standard InChI is InChI=1S/C33H22N2/c1-3-7-26-19(5-1)11-22-13-23-14-24-15-25-12-20-6-2-4-8-30(20)35-31-18-34-10-9-21(31)16-29(33(25)35)32(24)28(23)17-27(22)26/h1-10,13,15,17-18H,11-12,14,16H2. The fourth-order valence-corrected chi connectivity index (χ4v) is 7.15. The van der Waals surface area contributed by atoms with Crippen LogP contribution in [0.4, 0.5) is 17.1 Å². The van der Waals surface area contributed by atoms with Gasteiger partial charge in [0.1, 0.15) is 0 Å². The molecule has 2 heteroatoms. The maximum Gasteiger partial charge on any atom is 0.0680 e. The summed E-state index contributed by atoms with van der Waals surface area (Å²) in [6, 6.07) is 27.6. The highest BCUT2D eigenvalue weighted by Crippen LogP contribution is 2.55. The quantitative estimate of drug-likeness (QED) is 0.240. The average molecular weight is 447 g/mol. The van der Waals surface area contributed by atoms with E-state index in [-0.39, 0.29) is 0 Å². The van der Waals surface area contributed by atoms with Crippen LogP contribution in [0.2, 0.25) is 0 Å². The van der Waals surface area contributed by atoms with Gasteiger partial charge in [-0.15, -0.1) is 0 Å². The van der Waals surface area contributed by atoms with Crippen molar-refractivity contribution in [2.24, 2.45) is 0 Å². The van der Waals surface area contributed by atoms with Crippen molar-refractivity contribution in [1.82, 2.24) is 4.98 Å². The van der Waals surface area contributed by atoms with Crippen LogP contribution in [-0.4, -0.2) is 4.98 Å². The van der Waals surface area contributed by atoms with Crippen molar-refractivity contribution in [3.05, 3.63) is 130 Å². The highest BCUT2D eigenvalue weighted by Gasteiger charge is 2.36. The predicted molar refractivity (Wildman–Crippen MR) is 141 cm³/mol. The van der Waals surface area contributed by atoms with Gasteiger partial charge in [-0.1, -0.05) is 54.6 Å². The number of rotatable bonds is 0. The molecule has 0 N–H and O–H groups in total. The molecule has 2 aliphatic carbocycles. The molecular formula is C33H22N2. The van der Waals surface area contributed by atoms with Crippen molar-refractivity contribution < 1.29 is 0 Å². The number of fused-ring (bicyclic) bond motifs is 11. The van der Waals surface area contributed by atoms with Gasteiger partial charge in [-0.3, -0.25) is 4.98 Å². The lowest BCUT2D eigenvalue weighted by molar-refractivity contribution is 0.998. The molecule has 0 radical (unpaired) electrons. The fraction of sp³-hybridized carbons (Fsp3) is 0.121. The third-order valence-corrected chi connectivity index (χ3v) is 8.56. The summed E-state index contributed by atoms with van der Waals surface area (Å²) in [6.07, 6.45) is 8.06. The number of anilines is 3. The second-order valence-corrected chi connectivity index (χ2v) is 10.4. The molecule has 9 rings (SSSR count). The Hall–Kier alpha value is -4.17. The van der Waals surface area contributed by atoms with Crippen LogP contribution in [0.15, 0.2) is 85.2 Å². The number of aromatic nitrogens is 1. The monoisotopic (exact) mass is 446 g/mol. The first-order valence-corrected chi connectivity index (χ1v) is 12.6. The van der Waals surface area contributed by atoms with Gasteiger partial charge in [0, 0.05) is 24.7 Å². The third-order valence-electron chi connectivity index (χ3n) is 8.56. The summed E-state index contributed by atoms with van der Waals surface area (Å²) in [5, 5.41) is 0. The molecule has 0 amide bonds. The summed E-state index contributed by atoms with van der Waals surface area (Å²) in [5.74, 6) is 0. The van der Waals surface area contributed by atoms with E-state index < -0.39 is 0 Å². The minimum absolute atomic E-state index is 0.967. The Morgan fingerprint density at radius 1 is 0.543 bits per heavy atom. The SMILES string of the molecule is c1ccc2c(c1)Cc1cc3c(cc1-2)-c1c(cc2c4c1Cc1ccncc1N4c1ccccc1C2)C3. The van der Waals surface area contributed by atoms with E-state index in [1.165, 1.54) is 83.8 Å². The van der Waals surface area contributed by atoms with Gasteiger partial charge in [0.25, 0.3) is 0 Å². The molecule has 0 fully saturated rings. The summed E-state index contributed by atoms with van der Waals surface area (Å²) in [5.41, 5.74) is 21.4. The first-order chi connectivity index (χ1) is 17.3. The first-order valence-electron chi connectivity index (χ1n) is 12.6. The average Bonchev–Trinajstić information content (AvgIpc) is 3.44. The highest BCUT2D eigenvalue weighted by molar-refractivity contribution is 5.96. The molecule has 0 saturated carbocycles. The van der Waals surface area contributed by atoms with Crippen LogP contribution in [-0.2, 0) is 25.7 Å².